The highest BCUT2D eigenvalue weighted by atomic mass is 16.6. The van der Waals surface area contributed by atoms with Gasteiger partial charge in [0.2, 0.25) is 0 Å². The van der Waals surface area contributed by atoms with E-state index in [1.165, 1.54) is 0 Å². The lowest BCUT2D eigenvalue weighted by molar-refractivity contribution is -0.172. The van der Waals surface area contributed by atoms with E-state index in [2.05, 4.69) is 0 Å². The highest BCUT2D eigenvalue weighted by molar-refractivity contribution is 6.00. The number of hydrogen-bond acceptors (Lipinski definition) is 4. The van der Waals surface area contributed by atoms with Crippen LogP contribution in [-0.4, -0.2) is 25.2 Å². The first-order valence-corrected chi connectivity index (χ1v) is 5.76. The zero-order chi connectivity index (χ0) is 12.9. The maximum absolute atomic E-state index is 12.0. The molecule has 0 N–H and O–H groups in total. The molecular formula is C13H18O4. The van der Waals surface area contributed by atoms with Crippen LogP contribution < -0.4 is 0 Å². The number of hydrogen-bond donors (Lipinski definition) is 0. The van der Waals surface area contributed by atoms with Crippen molar-refractivity contribution in [2.75, 3.05) is 13.2 Å². The molecule has 0 atom stereocenters. The van der Waals surface area contributed by atoms with Gasteiger partial charge >= 0.3 is 11.9 Å². The Labute approximate surface area is 101 Å². The van der Waals surface area contributed by atoms with Crippen LogP contribution in [0.15, 0.2) is 24.3 Å². The molecule has 0 bridgehead atoms. The second-order valence-corrected chi connectivity index (χ2v) is 3.94. The predicted octanol–water partition coefficient (Wildman–Crippen LogP) is 1.86. The van der Waals surface area contributed by atoms with Crippen LogP contribution in [0.25, 0.3) is 0 Å². The van der Waals surface area contributed by atoms with Gasteiger partial charge in [-0.05, 0) is 20.8 Å². The van der Waals surface area contributed by atoms with Crippen LogP contribution in [0, 0.1) is 11.3 Å². The summed E-state index contributed by atoms with van der Waals surface area (Å²) in [6.45, 7) is 5.48. The third-order valence-electron chi connectivity index (χ3n) is 2.81. The second kappa shape index (κ2) is 5.66. The monoisotopic (exact) mass is 238 g/mol. The summed E-state index contributed by atoms with van der Waals surface area (Å²) in [5.41, 5.74) is -1.30. The van der Waals surface area contributed by atoms with Crippen LogP contribution in [0.1, 0.15) is 20.8 Å². The van der Waals surface area contributed by atoms with Gasteiger partial charge in [-0.25, -0.2) is 0 Å². The topological polar surface area (TPSA) is 52.6 Å². The van der Waals surface area contributed by atoms with Crippen molar-refractivity contribution >= 4 is 11.9 Å². The molecule has 0 saturated carbocycles. The zero-order valence-corrected chi connectivity index (χ0v) is 10.4. The highest BCUT2D eigenvalue weighted by Gasteiger charge is 2.49. The van der Waals surface area contributed by atoms with Gasteiger partial charge in [0.05, 0.1) is 13.2 Å². The average Bonchev–Trinajstić information content (AvgIpc) is 2.82. The Hall–Kier alpha value is -1.58. The first kappa shape index (κ1) is 13.5. The summed E-state index contributed by atoms with van der Waals surface area (Å²) in [5, 5.41) is 0. The third-order valence-corrected chi connectivity index (χ3v) is 2.81. The Bertz CT molecular complexity index is 324. The molecule has 1 aliphatic carbocycles. The Morgan fingerprint density at radius 1 is 1.06 bits per heavy atom. The van der Waals surface area contributed by atoms with Crippen LogP contribution in [-0.2, 0) is 19.1 Å². The van der Waals surface area contributed by atoms with E-state index in [-0.39, 0.29) is 19.1 Å². The van der Waals surface area contributed by atoms with E-state index >= 15 is 0 Å². The zero-order valence-electron chi connectivity index (χ0n) is 10.4. The summed E-state index contributed by atoms with van der Waals surface area (Å²) in [5.74, 6) is -1.39. The summed E-state index contributed by atoms with van der Waals surface area (Å²) >= 11 is 0. The van der Waals surface area contributed by atoms with E-state index in [4.69, 9.17) is 9.47 Å². The van der Waals surface area contributed by atoms with Crippen molar-refractivity contribution in [2.45, 2.75) is 20.8 Å². The fourth-order valence-electron chi connectivity index (χ4n) is 1.73. The largest absolute Gasteiger partial charge is 0.465 e. The quantitative estimate of drug-likeness (QED) is 0.542. The molecule has 0 aromatic rings. The van der Waals surface area contributed by atoms with Gasteiger partial charge in [-0.1, -0.05) is 24.3 Å². The summed E-state index contributed by atoms with van der Waals surface area (Å²) in [4.78, 5) is 24.0. The molecule has 0 saturated heterocycles. The molecule has 0 radical (unpaired) electrons. The van der Waals surface area contributed by atoms with E-state index < -0.39 is 17.4 Å². The van der Waals surface area contributed by atoms with E-state index in [1.54, 1.807) is 45.1 Å². The summed E-state index contributed by atoms with van der Waals surface area (Å²) in [7, 11) is 0. The molecular weight excluding hydrogens is 220 g/mol. The first-order valence-electron chi connectivity index (χ1n) is 5.76. The van der Waals surface area contributed by atoms with Crippen molar-refractivity contribution in [3.05, 3.63) is 24.3 Å². The predicted molar refractivity (Wildman–Crippen MR) is 63.1 cm³/mol. The van der Waals surface area contributed by atoms with Gasteiger partial charge in [-0.3, -0.25) is 9.59 Å². The number of allylic oxidation sites excluding steroid dienone is 4. The summed E-state index contributed by atoms with van der Waals surface area (Å²) < 4.78 is 9.96. The fraction of sp³-hybridized carbons (Fsp3) is 0.538. The molecule has 0 unspecified atom stereocenters. The van der Waals surface area contributed by atoms with E-state index in [1.807, 2.05) is 0 Å². The fourth-order valence-corrected chi connectivity index (χ4v) is 1.73. The molecule has 0 spiro atoms. The Morgan fingerprint density at radius 3 is 1.82 bits per heavy atom. The lowest BCUT2D eigenvalue weighted by Crippen LogP contribution is -2.44. The minimum absolute atomic E-state index is 0.244. The van der Waals surface area contributed by atoms with Crippen molar-refractivity contribution in [1.82, 2.24) is 0 Å². The van der Waals surface area contributed by atoms with Gasteiger partial charge in [-0.2, -0.15) is 0 Å². The lowest BCUT2D eigenvalue weighted by atomic mass is 9.77. The van der Waals surface area contributed by atoms with Crippen LogP contribution in [0.3, 0.4) is 0 Å². The number of carbonyl (C=O) groups is 2. The lowest BCUT2D eigenvalue weighted by Gasteiger charge is -2.28. The van der Waals surface area contributed by atoms with E-state index in [0.29, 0.717) is 0 Å². The number of rotatable bonds is 5. The van der Waals surface area contributed by atoms with Gasteiger partial charge in [0.25, 0.3) is 0 Å². The molecule has 0 aromatic heterocycles. The van der Waals surface area contributed by atoms with Crippen LogP contribution >= 0.6 is 0 Å². The Morgan fingerprint density at radius 2 is 1.47 bits per heavy atom. The standard InChI is InChI=1S/C13H18O4/c1-4-16-11(14)13(3,12(15)17-5-2)10-8-6-7-9-10/h6-10H,4-5H2,1-3H3. The van der Waals surface area contributed by atoms with Crippen molar-refractivity contribution < 1.29 is 19.1 Å². The smallest absolute Gasteiger partial charge is 0.324 e. The highest BCUT2D eigenvalue weighted by Crippen LogP contribution is 2.35. The molecule has 4 heteroatoms. The first-order chi connectivity index (χ1) is 8.07. The van der Waals surface area contributed by atoms with Gasteiger partial charge in [0.15, 0.2) is 5.41 Å². The van der Waals surface area contributed by atoms with Crippen molar-refractivity contribution in [2.24, 2.45) is 11.3 Å². The summed E-state index contributed by atoms with van der Waals surface area (Å²) in [6, 6.07) is 0. The minimum Gasteiger partial charge on any atom is -0.465 e. The molecule has 17 heavy (non-hydrogen) atoms. The Kier molecular flexibility index (Phi) is 4.49. The van der Waals surface area contributed by atoms with Crippen molar-refractivity contribution in [3.63, 3.8) is 0 Å². The van der Waals surface area contributed by atoms with E-state index in [9.17, 15) is 9.59 Å². The molecule has 1 aliphatic rings. The number of esters is 2. The van der Waals surface area contributed by atoms with Gasteiger partial charge < -0.3 is 9.47 Å². The molecule has 0 heterocycles. The van der Waals surface area contributed by atoms with E-state index in [0.717, 1.165) is 0 Å². The third kappa shape index (κ3) is 2.57. The van der Waals surface area contributed by atoms with Gasteiger partial charge in [0.1, 0.15) is 0 Å². The maximum atomic E-state index is 12.0. The molecule has 1 rings (SSSR count). The van der Waals surface area contributed by atoms with Gasteiger partial charge in [-0.15, -0.1) is 0 Å². The normalized spacial score (nSPS) is 15.0. The average molecular weight is 238 g/mol. The van der Waals surface area contributed by atoms with Crippen LogP contribution in [0.2, 0.25) is 0 Å². The molecule has 0 aliphatic heterocycles. The van der Waals surface area contributed by atoms with Crippen molar-refractivity contribution in [1.29, 1.82) is 0 Å². The van der Waals surface area contributed by atoms with Gasteiger partial charge in [0, 0.05) is 5.92 Å². The molecule has 94 valence electrons. The van der Waals surface area contributed by atoms with Crippen molar-refractivity contribution in [3.8, 4) is 0 Å². The maximum Gasteiger partial charge on any atom is 0.324 e. The number of carbonyl (C=O) groups excluding carboxylic acids is 2. The molecule has 0 fully saturated rings. The Balaban J connectivity index is 2.98. The number of ether oxygens (including phenoxy) is 2. The second-order valence-electron chi connectivity index (χ2n) is 3.94. The van der Waals surface area contributed by atoms with Crippen LogP contribution in [0.4, 0.5) is 0 Å². The van der Waals surface area contributed by atoms with Crippen LogP contribution in [0.5, 0.6) is 0 Å². The summed E-state index contributed by atoms with van der Waals surface area (Å²) in [6.07, 6.45) is 7.21. The molecule has 4 nitrogen and oxygen atoms in total. The molecule has 0 aromatic carbocycles. The SMILES string of the molecule is CCOC(=O)C(C)(C(=O)OCC)C1C=CC=C1. The minimum atomic E-state index is -1.30. The molecule has 0 amide bonds.